The molecular weight excluding hydrogens is 304 g/mol. The maximum absolute atomic E-state index is 11.7. The lowest BCUT2D eigenvalue weighted by molar-refractivity contribution is -0.141. The van der Waals surface area contributed by atoms with Gasteiger partial charge in [-0.15, -0.1) is 5.10 Å². The van der Waals surface area contributed by atoms with Gasteiger partial charge in [0.1, 0.15) is 0 Å². The molecule has 0 saturated heterocycles. The molecule has 0 fully saturated rings. The molecule has 24 heavy (non-hydrogen) atoms. The number of nitrogens with zero attached hydrogens (tertiary/aromatic N) is 4. The van der Waals surface area contributed by atoms with Crippen molar-refractivity contribution in [3.05, 3.63) is 77.6 Å². The molecule has 0 aliphatic rings. The van der Waals surface area contributed by atoms with Crippen molar-refractivity contribution >= 4 is 18.1 Å². The van der Waals surface area contributed by atoms with E-state index < -0.39 is 12.0 Å². The van der Waals surface area contributed by atoms with Gasteiger partial charge in [-0.25, -0.2) is 9.48 Å². The van der Waals surface area contributed by atoms with E-state index in [4.69, 9.17) is 0 Å². The average molecular weight is 320 g/mol. The monoisotopic (exact) mass is 320 g/mol. The number of tetrazole rings is 1. The Hall–Kier alpha value is -3.28. The molecule has 6 nitrogen and oxygen atoms in total. The molecule has 120 valence electrons. The summed E-state index contributed by atoms with van der Waals surface area (Å²) in [4.78, 5) is 11.7. The third-order valence-corrected chi connectivity index (χ3v) is 3.59. The number of carbonyl (C=O) groups is 1. The van der Waals surface area contributed by atoms with Crippen LogP contribution < -0.4 is 0 Å². The molecule has 0 aliphatic carbocycles. The van der Waals surface area contributed by atoms with E-state index >= 15 is 0 Å². The van der Waals surface area contributed by atoms with Crippen LogP contribution in [-0.2, 0) is 11.2 Å². The molecule has 0 amide bonds. The van der Waals surface area contributed by atoms with Crippen molar-refractivity contribution in [3.8, 4) is 0 Å². The van der Waals surface area contributed by atoms with E-state index in [9.17, 15) is 9.90 Å². The van der Waals surface area contributed by atoms with E-state index in [1.54, 1.807) is 6.08 Å². The van der Waals surface area contributed by atoms with Crippen LogP contribution in [0.15, 0.2) is 60.7 Å². The molecule has 1 atom stereocenters. The summed E-state index contributed by atoms with van der Waals surface area (Å²) in [5.41, 5.74) is 1.90. The van der Waals surface area contributed by atoms with E-state index in [0.717, 1.165) is 11.1 Å². The molecular formula is C18H16N4O2. The van der Waals surface area contributed by atoms with E-state index in [1.165, 1.54) is 4.68 Å². The molecule has 0 saturated carbocycles. The highest BCUT2D eigenvalue weighted by Crippen LogP contribution is 2.16. The van der Waals surface area contributed by atoms with Gasteiger partial charge in [-0.1, -0.05) is 66.7 Å². The van der Waals surface area contributed by atoms with Crippen molar-refractivity contribution in [2.24, 2.45) is 0 Å². The number of hydrogen-bond donors (Lipinski definition) is 1. The van der Waals surface area contributed by atoms with E-state index in [0.29, 0.717) is 12.2 Å². The normalized spacial score (nSPS) is 12.3. The first-order valence-electron chi connectivity index (χ1n) is 7.52. The van der Waals surface area contributed by atoms with Crippen LogP contribution in [0.5, 0.6) is 0 Å². The molecule has 1 heterocycles. The minimum absolute atomic E-state index is 0.313. The number of rotatable bonds is 6. The van der Waals surface area contributed by atoms with Gasteiger partial charge >= 0.3 is 5.97 Å². The van der Waals surface area contributed by atoms with Crippen LogP contribution >= 0.6 is 0 Å². The molecule has 1 N–H and O–H groups in total. The van der Waals surface area contributed by atoms with Crippen molar-refractivity contribution in [2.75, 3.05) is 0 Å². The fraction of sp³-hybridized carbons (Fsp3) is 0.111. The van der Waals surface area contributed by atoms with Gasteiger partial charge in [0.05, 0.1) is 0 Å². The van der Waals surface area contributed by atoms with Gasteiger partial charge in [-0.3, -0.25) is 0 Å². The summed E-state index contributed by atoms with van der Waals surface area (Å²) in [6.45, 7) is 0. The van der Waals surface area contributed by atoms with Crippen LogP contribution in [0.4, 0.5) is 0 Å². The molecule has 6 heteroatoms. The Kier molecular flexibility index (Phi) is 4.76. The van der Waals surface area contributed by atoms with Gasteiger partial charge in [0.25, 0.3) is 0 Å². The third-order valence-electron chi connectivity index (χ3n) is 3.59. The maximum Gasteiger partial charge on any atom is 0.329 e. The molecule has 1 aromatic heterocycles. The largest absolute Gasteiger partial charge is 0.480 e. The molecule has 0 bridgehead atoms. The summed E-state index contributed by atoms with van der Waals surface area (Å²) in [7, 11) is 0. The summed E-state index contributed by atoms with van der Waals surface area (Å²) in [6, 6.07) is 18.3. The molecule has 2 aromatic carbocycles. The van der Waals surface area contributed by atoms with E-state index in [2.05, 4.69) is 15.5 Å². The molecule has 0 spiro atoms. The molecule has 0 aliphatic heterocycles. The summed E-state index contributed by atoms with van der Waals surface area (Å²) in [6.07, 6.45) is 3.88. The standard InChI is InChI=1S/C18H16N4O2/c23-18(24)16(13-15-9-5-2-6-10-15)22-17(19-20-21-22)12-11-14-7-3-1-4-8-14/h1-12,16H,13H2,(H,23,24)/b12-11+. The van der Waals surface area contributed by atoms with Crippen molar-refractivity contribution in [2.45, 2.75) is 12.5 Å². The van der Waals surface area contributed by atoms with Gasteiger partial charge < -0.3 is 5.11 Å². The first-order valence-corrected chi connectivity index (χ1v) is 7.52. The highest BCUT2D eigenvalue weighted by molar-refractivity contribution is 5.73. The van der Waals surface area contributed by atoms with Gasteiger partial charge in [0, 0.05) is 6.42 Å². The maximum atomic E-state index is 11.7. The zero-order valence-electron chi connectivity index (χ0n) is 12.9. The summed E-state index contributed by atoms with van der Waals surface area (Å²) < 4.78 is 1.34. The van der Waals surface area contributed by atoms with E-state index in [1.807, 2.05) is 66.7 Å². The van der Waals surface area contributed by atoms with Crippen LogP contribution in [0, 0.1) is 0 Å². The Morgan fingerprint density at radius 1 is 1.04 bits per heavy atom. The zero-order valence-corrected chi connectivity index (χ0v) is 12.9. The number of carboxylic acids is 1. The highest BCUT2D eigenvalue weighted by atomic mass is 16.4. The van der Waals surface area contributed by atoms with Crippen molar-refractivity contribution < 1.29 is 9.90 Å². The van der Waals surface area contributed by atoms with Crippen LogP contribution in [0.2, 0.25) is 0 Å². The number of hydrogen-bond acceptors (Lipinski definition) is 4. The van der Waals surface area contributed by atoms with Crippen LogP contribution in [-0.4, -0.2) is 31.3 Å². The summed E-state index contributed by atoms with van der Waals surface area (Å²) in [5, 5.41) is 21.0. The summed E-state index contributed by atoms with van der Waals surface area (Å²) >= 11 is 0. The van der Waals surface area contributed by atoms with Crippen LogP contribution in [0.25, 0.3) is 12.2 Å². The van der Waals surface area contributed by atoms with Gasteiger partial charge in [0.15, 0.2) is 11.9 Å². The second-order valence-electron chi connectivity index (χ2n) is 5.27. The lowest BCUT2D eigenvalue weighted by atomic mass is 10.1. The van der Waals surface area contributed by atoms with E-state index in [-0.39, 0.29) is 0 Å². The zero-order chi connectivity index (χ0) is 16.8. The molecule has 3 rings (SSSR count). The summed E-state index contributed by atoms with van der Waals surface area (Å²) in [5.74, 6) is -0.567. The highest BCUT2D eigenvalue weighted by Gasteiger charge is 2.23. The SMILES string of the molecule is O=C(O)C(Cc1ccccc1)n1nnnc1/C=C/c1ccccc1. The minimum Gasteiger partial charge on any atom is -0.480 e. The second-order valence-corrected chi connectivity index (χ2v) is 5.27. The predicted octanol–water partition coefficient (Wildman–Crippen LogP) is 2.71. The second kappa shape index (κ2) is 7.32. The predicted molar refractivity (Wildman–Crippen MR) is 90.0 cm³/mol. The van der Waals surface area contributed by atoms with Crippen LogP contribution in [0.3, 0.4) is 0 Å². The lowest BCUT2D eigenvalue weighted by Gasteiger charge is -2.13. The van der Waals surface area contributed by atoms with Gasteiger partial charge in [-0.2, -0.15) is 0 Å². The number of carboxylic acid groups (broad SMARTS) is 1. The topological polar surface area (TPSA) is 80.9 Å². The van der Waals surface area contributed by atoms with Gasteiger partial charge in [-0.05, 0) is 27.6 Å². The van der Waals surface area contributed by atoms with Crippen LogP contribution in [0.1, 0.15) is 23.0 Å². The molecule has 3 aromatic rings. The molecule has 0 radical (unpaired) electrons. The first-order chi connectivity index (χ1) is 11.7. The van der Waals surface area contributed by atoms with Crippen molar-refractivity contribution in [1.29, 1.82) is 0 Å². The molecule has 1 unspecified atom stereocenters. The quantitative estimate of drug-likeness (QED) is 0.755. The Labute approximate surface area is 139 Å². The smallest absolute Gasteiger partial charge is 0.329 e. The average Bonchev–Trinajstić information content (AvgIpc) is 3.07. The first kappa shape index (κ1) is 15.6. The fourth-order valence-electron chi connectivity index (χ4n) is 2.38. The Bertz CT molecular complexity index is 828. The fourth-order valence-corrected chi connectivity index (χ4v) is 2.38. The van der Waals surface area contributed by atoms with Gasteiger partial charge in [0.2, 0.25) is 0 Å². The Balaban J connectivity index is 1.86. The van der Waals surface area contributed by atoms with Crippen molar-refractivity contribution in [1.82, 2.24) is 20.2 Å². The Morgan fingerprint density at radius 3 is 2.38 bits per heavy atom. The third kappa shape index (κ3) is 3.73. The number of benzene rings is 2. The van der Waals surface area contributed by atoms with Crippen molar-refractivity contribution in [3.63, 3.8) is 0 Å². The number of aromatic nitrogens is 4. The lowest BCUT2D eigenvalue weighted by Crippen LogP contribution is -2.23. The number of aliphatic carboxylic acids is 1. The minimum atomic E-state index is -0.972. The Morgan fingerprint density at radius 2 is 1.71 bits per heavy atom.